The molecule has 1 aromatic heterocycles. The maximum Gasteiger partial charge on any atom is 0.249 e. The average molecular weight is 463 g/mol. The lowest BCUT2D eigenvalue weighted by atomic mass is 10.2. The molecule has 0 radical (unpaired) electrons. The van der Waals surface area contributed by atoms with E-state index in [2.05, 4.69) is 15.5 Å². The number of ether oxygens (including phenoxy) is 2. The van der Waals surface area contributed by atoms with Crippen molar-refractivity contribution in [2.45, 2.75) is 13.0 Å². The molecule has 9 nitrogen and oxygen atoms in total. The first kappa shape index (κ1) is 22.5. The summed E-state index contributed by atoms with van der Waals surface area (Å²) in [5.41, 5.74) is 1.14. The molecule has 3 rings (SSSR count). The predicted octanol–water partition coefficient (Wildman–Crippen LogP) is 3.02. The molecule has 0 aliphatic rings. The van der Waals surface area contributed by atoms with Gasteiger partial charge in [-0.15, -0.1) is 10.2 Å². The zero-order valence-corrected chi connectivity index (χ0v) is 19.0. The molecular formula is C20H22N4O5S2. The highest BCUT2D eigenvalue weighted by Crippen LogP contribution is 2.29. The van der Waals surface area contributed by atoms with Crippen molar-refractivity contribution in [3.8, 4) is 22.1 Å². The van der Waals surface area contributed by atoms with Gasteiger partial charge in [0.15, 0.2) is 0 Å². The van der Waals surface area contributed by atoms with E-state index in [1.165, 1.54) is 25.4 Å². The first-order valence-electron chi connectivity index (χ1n) is 9.15. The van der Waals surface area contributed by atoms with Gasteiger partial charge in [-0.1, -0.05) is 17.4 Å². The van der Waals surface area contributed by atoms with Crippen LogP contribution in [0.3, 0.4) is 0 Å². The van der Waals surface area contributed by atoms with E-state index in [9.17, 15) is 13.2 Å². The summed E-state index contributed by atoms with van der Waals surface area (Å²) in [6.45, 7) is 1.50. The fourth-order valence-electron chi connectivity index (χ4n) is 2.89. The minimum Gasteiger partial charge on any atom is -0.497 e. The molecule has 0 saturated heterocycles. The Kier molecular flexibility index (Phi) is 6.76. The maximum absolute atomic E-state index is 12.8. The van der Waals surface area contributed by atoms with Crippen LogP contribution in [0.15, 0.2) is 48.5 Å². The van der Waals surface area contributed by atoms with Crippen LogP contribution in [0, 0.1) is 0 Å². The number of amides is 1. The Labute approximate surface area is 184 Å². The van der Waals surface area contributed by atoms with Crippen molar-refractivity contribution in [2.75, 3.05) is 30.1 Å². The molecule has 1 atom stereocenters. The summed E-state index contributed by atoms with van der Waals surface area (Å²) in [6.07, 6.45) is 1.04. The van der Waals surface area contributed by atoms with Crippen LogP contribution in [-0.4, -0.2) is 51.0 Å². The molecule has 0 spiro atoms. The number of nitrogens with one attached hydrogen (secondary N) is 1. The Hall–Kier alpha value is -3.18. The van der Waals surface area contributed by atoms with Gasteiger partial charge < -0.3 is 9.47 Å². The molecule has 2 aromatic carbocycles. The van der Waals surface area contributed by atoms with Crippen molar-refractivity contribution in [1.82, 2.24) is 10.2 Å². The molecule has 1 unspecified atom stereocenters. The Morgan fingerprint density at radius 1 is 1.06 bits per heavy atom. The number of carbonyl (C=O) groups is 1. The summed E-state index contributed by atoms with van der Waals surface area (Å²) in [4.78, 5) is 12.8. The first-order valence-corrected chi connectivity index (χ1v) is 11.8. The summed E-state index contributed by atoms with van der Waals surface area (Å²) in [5.74, 6) is 0.659. The zero-order chi connectivity index (χ0) is 22.6. The van der Waals surface area contributed by atoms with Crippen LogP contribution in [-0.2, 0) is 14.8 Å². The lowest BCUT2D eigenvalue weighted by Gasteiger charge is -2.28. The number of methoxy groups -OCH3 is 2. The Bertz CT molecular complexity index is 1160. The molecular weight excluding hydrogens is 440 g/mol. The van der Waals surface area contributed by atoms with Crippen molar-refractivity contribution in [3.05, 3.63) is 48.5 Å². The van der Waals surface area contributed by atoms with Gasteiger partial charge in [0, 0.05) is 11.6 Å². The van der Waals surface area contributed by atoms with Crippen LogP contribution >= 0.6 is 11.3 Å². The highest BCUT2D eigenvalue weighted by atomic mass is 32.2. The lowest BCUT2D eigenvalue weighted by Crippen LogP contribution is -2.45. The average Bonchev–Trinajstić information content (AvgIpc) is 3.21. The van der Waals surface area contributed by atoms with Crippen LogP contribution in [0.5, 0.6) is 11.5 Å². The van der Waals surface area contributed by atoms with E-state index >= 15 is 0 Å². The molecule has 0 aliphatic heterocycles. The van der Waals surface area contributed by atoms with Gasteiger partial charge in [0.25, 0.3) is 0 Å². The fourth-order valence-corrected chi connectivity index (χ4v) is 4.81. The maximum atomic E-state index is 12.8. The van der Waals surface area contributed by atoms with Gasteiger partial charge in [-0.25, -0.2) is 8.42 Å². The Balaban J connectivity index is 1.80. The molecule has 1 N–H and O–H groups in total. The number of nitrogens with zero attached hydrogens (tertiary/aromatic N) is 3. The smallest absolute Gasteiger partial charge is 0.249 e. The van der Waals surface area contributed by atoms with E-state index < -0.39 is 22.0 Å². The molecule has 31 heavy (non-hydrogen) atoms. The Morgan fingerprint density at radius 3 is 2.35 bits per heavy atom. The van der Waals surface area contributed by atoms with E-state index in [0.29, 0.717) is 22.2 Å². The highest BCUT2D eigenvalue weighted by Gasteiger charge is 2.30. The van der Waals surface area contributed by atoms with Gasteiger partial charge in [0.05, 0.1) is 26.2 Å². The standard InChI is InChI=1S/C20H22N4O5S2/c1-13(24(31(4,26)27)15-6-5-7-17(12-15)29-3)18(25)21-20-23-22-19(30-20)14-8-10-16(28-2)11-9-14/h5-13H,1-4H3,(H,21,23,25). The lowest BCUT2D eigenvalue weighted by molar-refractivity contribution is -0.116. The zero-order valence-electron chi connectivity index (χ0n) is 17.4. The third-order valence-electron chi connectivity index (χ3n) is 4.39. The molecule has 1 amide bonds. The van der Waals surface area contributed by atoms with E-state index in [1.807, 2.05) is 12.1 Å². The van der Waals surface area contributed by atoms with Crippen molar-refractivity contribution in [3.63, 3.8) is 0 Å². The van der Waals surface area contributed by atoms with Crippen molar-refractivity contribution in [1.29, 1.82) is 0 Å². The van der Waals surface area contributed by atoms with Gasteiger partial charge in [-0.3, -0.25) is 14.4 Å². The van der Waals surface area contributed by atoms with Crippen LogP contribution in [0.1, 0.15) is 6.92 Å². The monoisotopic (exact) mass is 462 g/mol. The van der Waals surface area contributed by atoms with E-state index in [1.54, 1.807) is 43.5 Å². The number of hydrogen-bond donors (Lipinski definition) is 1. The van der Waals surface area contributed by atoms with Gasteiger partial charge >= 0.3 is 0 Å². The van der Waals surface area contributed by atoms with Crippen molar-refractivity contribution in [2.24, 2.45) is 0 Å². The van der Waals surface area contributed by atoms with Gasteiger partial charge in [-0.2, -0.15) is 0 Å². The van der Waals surface area contributed by atoms with Gasteiger partial charge in [-0.05, 0) is 43.3 Å². The number of hydrogen-bond acceptors (Lipinski definition) is 8. The minimum atomic E-state index is -3.75. The fraction of sp³-hybridized carbons (Fsp3) is 0.250. The number of anilines is 2. The first-order chi connectivity index (χ1) is 14.7. The predicted molar refractivity (Wildman–Crippen MR) is 120 cm³/mol. The second kappa shape index (κ2) is 9.31. The second-order valence-corrected chi connectivity index (χ2v) is 9.40. The van der Waals surface area contributed by atoms with Crippen LogP contribution in [0.25, 0.3) is 10.6 Å². The minimum absolute atomic E-state index is 0.266. The Morgan fingerprint density at radius 2 is 1.74 bits per heavy atom. The van der Waals surface area contributed by atoms with Gasteiger partial charge in [0.1, 0.15) is 22.5 Å². The van der Waals surface area contributed by atoms with E-state index in [-0.39, 0.29) is 5.13 Å². The molecule has 0 fully saturated rings. The summed E-state index contributed by atoms with van der Waals surface area (Å²) in [7, 11) is -0.686. The number of aromatic nitrogens is 2. The normalized spacial score (nSPS) is 12.1. The summed E-state index contributed by atoms with van der Waals surface area (Å²) < 4.78 is 36.2. The van der Waals surface area contributed by atoms with E-state index in [4.69, 9.17) is 9.47 Å². The molecule has 0 bridgehead atoms. The largest absolute Gasteiger partial charge is 0.497 e. The molecule has 0 aliphatic carbocycles. The van der Waals surface area contributed by atoms with Crippen molar-refractivity contribution >= 4 is 38.1 Å². The summed E-state index contributed by atoms with van der Waals surface area (Å²) in [6, 6.07) is 12.7. The molecule has 1 heterocycles. The quantitative estimate of drug-likeness (QED) is 0.548. The third-order valence-corrected chi connectivity index (χ3v) is 6.52. The van der Waals surface area contributed by atoms with Gasteiger partial charge in [0.2, 0.25) is 21.1 Å². The molecule has 11 heteroatoms. The van der Waals surface area contributed by atoms with Crippen LogP contribution in [0.4, 0.5) is 10.8 Å². The van der Waals surface area contributed by atoms with Crippen LogP contribution < -0.4 is 19.1 Å². The third kappa shape index (κ3) is 5.30. The SMILES string of the molecule is COc1ccc(-c2nnc(NC(=O)C(C)N(c3cccc(OC)c3)S(C)(=O)=O)s2)cc1. The highest BCUT2D eigenvalue weighted by molar-refractivity contribution is 7.92. The summed E-state index contributed by atoms with van der Waals surface area (Å²) >= 11 is 1.18. The van der Waals surface area contributed by atoms with Crippen LogP contribution in [0.2, 0.25) is 0 Å². The molecule has 3 aromatic rings. The second-order valence-electron chi connectivity index (χ2n) is 6.57. The van der Waals surface area contributed by atoms with E-state index in [0.717, 1.165) is 16.1 Å². The molecule has 164 valence electrons. The number of sulfonamides is 1. The topological polar surface area (TPSA) is 111 Å². The number of benzene rings is 2. The summed E-state index contributed by atoms with van der Waals surface area (Å²) in [5, 5.41) is 11.6. The number of carbonyl (C=O) groups excluding carboxylic acids is 1. The number of rotatable bonds is 8. The van der Waals surface area contributed by atoms with Crippen molar-refractivity contribution < 1.29 is 22.7 Å². The molecule has 0 saturated carbocycles.